The number of anilines is 1. The summed E-state index contributed by atoms with van der Waals surface area (Å²) in [5.41, 5.74) is 7.97. The molecule has 3 aromatic carbocycles. The predicted octanol–water partition coefficient (Wildman–Crippen LogP) is 3.04. The molecule has 0 unspecified atom stereocenters. The van der Waals surface area contributed by atoms with E-state index in [0.29, 0.717) is 13.0 Å². The molecule has 1 N–H and O–H groups in total. The highest BCUT2D eigenvalue weighted by Crippen LogP contribution is 2.35. The number of benzene rings is 3. The average molecular weight is 659 g/mol. The van der Waals surface area contributed by atoms with Crippen molar-refractivity contribution in [2.24, 2.45) is 0 Å². The number of fused-ring (bicyclic) bond motifs is 4. The normalized spacial score (nSPS) is 16.3. The van der Waals surface area contributed by atoms with Crippen molar-refractivity contribution in [2.45, 2.75) is 65.5 Å². The Morgan fingerprint density at radius 1 is 0.978 bits per heavy atom. The van der Waals surface area contributed by atoms with Crippen LogP contribution in [0.25, 0.3) is 5.57 Å². The molecular weight excluding hydrogens is 611 g/mol. The Morgan fingerprint density at radius 2 is 1.76 bits per heavy atom. The number of unbranched alkanes of at least 4 members (excludes halogenated alkanes) is 1. The number of carbonyl (C=O) groups excluding carboxylic acids is 1. The summed E-state index contributed by atoms with van der Waals surface area (Å²) in [5.74, 6) is -0.171. The fraction of sp³-hybridized carbons (Fsp3) is 0.459. The molecule has 1 amide bonds. The van der Waals surface area contributed by atoms with E-state index in [-0.39, 0.29) is 11.7 Å². The van der Waals surface area contributed by atoms with Gasteiger partial charge in [0.15, 0.2) is 0 Å². The number of hydrogen-bond acceptors (Lipinski definition) is 4. The maximum absolute atomic E-state index is 14.0. The van der Waals surface area contributed by atoms with E-state index in [2.05, 4.69) is 72.8 Å². The molecule has 3 aromatic rings. The first-order valence-electron chi connectivity index (χ1n) is 17.0. The Hall–Kier alpha value is -3.27. The zero-order chi connectivity index (χ0) is 32.8. The van der Waals surface area contributed by atoms with Crippen LogP contribution in [0.5, 0.6) is 0 Å². The summed E-state index contributed by atoms with van der Waals surface area (Å²) in [7, 11) is -4.30. The van der Waals surface area contributed by atoms with Crippen molar-refractivity contribution in [3.05, 3.63) is 86.9 Å². The van der Waals surface area contributed by atoms with Gasteiger partial charge in [-0.05, 0) is 81.4 Å². The van der Waals surface area contributed by atoms with Crippen LogP contribution in [0.1, 0.15) is 72.1 Å². The van der Waals surface area contributed by atoms with Crippen molar-refractivity contribution in [1.82, 2.24) is 9.48 Å². The molecule has 6 rings (SSSR count). The Balaban J connectivity index is 1.59. The van der Waals surface area contributed by atoms with Gasteiger partial charge in [0.05, 0.1) is 5.75 Å². The van der Waals surface area contributed by atoms with Crippen LogP contribution in [0.3, 0.4) is 0 Å². The molecule has 7 nitrogen and oxygen atoms in total. The van der Waals surface area contributed by atoms with Crippen LogP contribution in [0.4, 0.5) is 5.69 Å². The molecule has 0 aromatic heterocycles. The van der Waals surface area contributed by atoms with Gasteiger partial charge < -0.3 is 9.80 Å². The first kappa shape index (κ1) is 32.7. The minimum absolute atomic E-state index is 0.0585. The van der Waals surface area contributed by atoms with Crippen LogP contribution in [0, 0.1) is 0 Å². The third-order valence-electron chi connectivity index (χ3n) is 10.3. The highest BCUT2D eigenvalue weighted by atomic mass is 32.2. The van der Waals surface area contributed by atoms with Gasteiger partial charge in [0.1, 0.15) is 21.2 Å². The third kappa shape index (κ3) is 5.97. The van der Waals surface area contributed by atoms with Gasteiger partial charge in [-0.3, -0.25) is 9.35 Å². The van der Waals surface area contributed by atoms with Crippen molar-refractivity contribution in [1.29, 1.82) is 0 Å². The maximum Gasteiger partial charge on any atom is 0.264 e. The summed E-state index contributed by atoms with van der Waals surface area (Å²) in [4.78, 5) is 18.2. The summed E-state index contributed by atoms with van der Waals surface area (Å²) in [6, 6.07) is 17.9. The van der Waals surface area contributed by atoms with Crippen LogP contribution in [0.2, 0.25) is 13.1 Å². The zero-order valence-corrected chi connectivity index (χ0v) is 29.8. The van der Waals surface area contributed by atoms with E-state index in [9.17, 15) is 17.8 Å². The van der Waals surface area contributed by atoms with Gasteiger partial charge in [-0.2, -0.15) is 8.42 Å². The Bertz CT molecular complexity index is 1940. The van der Waals surface area contributed by atoms with Crippen LogP contribution in [-0.2, 0) is 23.0 Å². The molecule has 0 aliphatic carbocycles. The van der Waals surface area contributed by atoms with E-state index in [1.54, 1.807) is 0 Å². The number of carbonyl (C=O) groups is 1. The van der Waals surface area contributed by atoms with E-state index in [1.807, 2.05) is 24.1 Å². The molecule has 0 saturated carbocycles. The second kappa shape index (κ2) is 12.7. The van der Waals surface area contributed by atoms with Gasteiger partial charge in [0, 0.05) is 62.4 Å². The predicted molar refractivity (Wildman–Crippen MR) is 191 cm³/mol. The molecule has 244 valence electrons. The van der Waals surface area contributed by atoms with Crippen molar-refractivity contribution in [2.75, 3.05) is 50.4 Å². The highest BCUT2D eigenvalue weighted by Gasteiger charge is 2.39. The Labute approximate surface area is 275 Å². The number of rotatable bonds is 11. The third-order valence-corrected chi connectivity index (χ3v) is 14.6. The molecule has 0 saturated heterocycles. The Morgan fingerprint density at radius 3 is 2.50 bits per heavy atom. The van der Waals surface area contributed by atoms with E-state index in [0.717, 1.165) is 75.0 Å². The molecular formula is C37H48N3O4SSi+. The van der Waals surface area contributed by atoms with Crippen LogP contribution < -0.4 is 30.4 Å². The fourth-order valence-corrected chi connectivity index (χ4v) is 11.3. The molecule has 0 spiro atoms. The van der Waals surface area contributed by atoms with Crippen LogP contribution in [0.15, 0.2) is 48.5 Å². The topological polar surface area (TPSA) is 80.9 Å². The Kier molecular flexibility index (Phi) is 9.04. The van der Waals surface area contributed by atoms with E-state index in [4.69, 9.17) is 0 Å². The van der Waals surface area contributed by atoms with Crippen molar-refractivity contribution in [3.63, 3.8) is 0 Å². The van der Waals surface area contributed by atoms with E-state index < -0.39 is 18.2 Å². The molecule has 3 heterocycles. The van der Waals surface area contributed by atoms with Crippen molar-refractivity contribution < 1.29 is 17.8 Å². The number of hydrogen-bond donors (Lipinski definition) is 1. The molecule has 46 heavy (non-hydrogen) atoms. The van der Waals surface area contributed by atoms with Crippen molar-refractivity contribution >= 4 is 45.7 Å². The molecule has 0 bridgehead atoms. The molecule has 3 aliphatic rings. The summed E-state index contributed by atoms with van der Waals surface area (Å²) < 4.78 is 34.7. The molecule has 3 aliphatic heterocycles. The number of amides is 1. The fourth-order valence-electron chi connectivity index (χ4n) is 7.80. The quantitative estimate of drug-likeness (QED) is 0.195. The van der Waals surface area contributed by atoms with Gasteiger partial charge in [-0.15, -0.1) is 0 Å². The van der Waals surface area contributed by atoms with Gasteiger partial charge in [-0.1, -0.05) is 51.6 Å². The van der Waals surface area contributed by atoms with Gasteiger partial charge >= 0.3 is 0 Å². The standard InChI is InChI=1S/C37H47N3O4SSi/c1-6-8-17-38(3)37(41)29-13-10-9-12-28(29)36-30-22-26-14-19-39(16-7-2)32(26)24-34(30)46(4,5)35-25-33-27(23-31(35)36)15-20-40(33)18-11-21-45(42,43)44/h9-10,12-13,22-25H,6-8,11,14-21H2,1-5H3/p+1. The SMILES string of the molecule is CCCCN(C)C(=O)c1ccccc1C1=c2cc3c(cc2[Si](C)(C)c2cc4c(cc21)CCN4CCCS(=O)(=O)O)=[N+](CCC)CC3. The smallest absolute Gasteiger partial charge is 0.264 e. The van der Waals surface area contributed by atoms with E-state index >= 15 is 0 Å². The van der Waals surface area contributed by atoms with Crippen molar-refractivity contribution in [3.8, 4) is 0 Å². The van der Waals surface area contributed by atoms with Crippen LogP contribution in [-0.4, -0.2) is 77.4 Å². The number of nitrogens with zero attached hydrogens (tertiary/aromatic N) is 3. The van der Waals surface area contributed by atoms with Gasteiger partial charge in [-0.25, -0.2) is 4.58 Å². The lowest BCUT2D eigenvalue weighted by molar-refractivity contribution is 0.0793. The van der Waals surface area contributed by atoms with E-state index in [1.165, 1.54) is 43.3 Å². The summed E-state index contributed by atoms with van der Waals surface area (Å²) in [5, 5.41) is 5.41. The first-order valence-corrected chi connectivity index (χ1v) is 21.6. The zero-order valence-electron chi connectivity index (χ0n) is 28.0. The van der Waals surface area contributed by atoms with Crippen LogP contribution >= 0.6 is 0 Å². The minimum atomic E-state index is -3.99. The summed E-state index contributed by atoms with van der Waals surface area (Å²) >= 11 is 0. The first-order chi connectivity index (χ1) is 21.9. The average Bonchev–Trinajstić information content (AvgIpc) is 3.61. The van der Waals surface area contributed by atoms with Gasteiger partial charge in [0.2, 0.25) is 5.36 Å². The molecule has 0 fully saturated rings. The lowest BCUT2D eigenvalue weighted by atomic mass is 9.89. The molecule has 9 heteroatoms. The monoisotopic (exact) mass is 658 g/mol. The largest absolute Gasteiger partial charge is 0.371 e. The highest BCUT2D eigenvalue weighted by molar-refractivity contribution is 7.85. The second-order valence-corrected chi connectivity index (χ2v) is 19.7. The molecule has 0 atom stereocenters. The van der Waals surface area contributed by atoms with Gasteiger partial charge in [0.25, 0.3) is 16.0 Å². The lowest BCUT2D eigenvalue weighted by Gasteiger charge is -2.34. The minimum Gasteiger partial charge on any atom is -0.371 e. The lowest BCUT2D eigenvalue weighted by Crippen LogP contribution is -2.64. The molecule has 0 radical (unpaired) electrons. The summed E-state index contributed by atoms with van der Waals surface area (Å²) in [6.45, 7) is 13.5. The summed E-state index contributed by atoms with van der Waals surface area (Å²) in [6.07, 6.45) is 5.42. The maximum atomic E-state index is 14.0. The second-order valence-electron chi connectivity index (χ2n) is 13.8.